The summed E-state index contributed by atoms with van der Waals surface area (Å²) in [6.07, 6.45) is 1.32. The van der Waals surface area contributed by atoms with Gasteiger partial charge in [0, 0.05) is 10.6 Å². The topological polar surface area (TPSA) is 70.9 Å². The molecule has 0 saturated heterocycles. The van der Waals surface area contributed by atoms with E-state index in [-0.39, 0.29) is 12.4 Å². The van der Waals surface area contributed by atoms with Crippen molar-refractivity contribution >= 4 is 23.7 Å². The Balaban J connectivity index is 1.89. The van der Waals surface area contributed by atoms with Crippen LogP contribution in [-0.4, -0.2) is 23.8 Å². The van der Waals surface area contributed by atoms with Gasteiger partial charge in [-0.25, -0.2) is 5.43 Å². The number of rotatable bonds is 5. The standard InChI is InChI=1S/C17H17ClN2O3/c1-11-4-3-5-16(12(11)2)23-10-17(22)20-19-9-13-8-14(18)6-7-15(13)21/h3-9,21H,10H2,1-2H3,(H,20,22). The number of aromatic hydroxyl groups is 1. The fourth-order valence-electron chi connectivity index (χ4n) is 1.86. The number of carbonyl (C=O) groups is 1. The van der Waals surface area contributed by atoms with Crippen LogP contribution in [0.5, 0.6) is 11.5 Å². The van der Waals surface area contributed by atoms with Gasteiger partial charge < -0.3 is 9.84 Å². The number of hydrogen-bond donors (Lipinski definition) is 2. The van der Waals surface area contributed by atoms with Crippen molar-refractivity contribution in [1.82, 2.24) is 5.43 Å². The minimum atomic E-state index is -0.399. The lowest BCUT2D eigenvalue weighted by Crippen LogP contribution is -2.24. The van der Waals surface area contributed by atoms with Crippen molar-refractivity contribution in [1.29, 1.82) is 0 Å². The van der Waals surface area contributed by atoms with Gasteiger partial charge in [-0.15, -0.1) is 0 Å². The summed E-state index contributed by atoms with van der Waals surface area (Å²) >= 11 is 5.82. The molecule has 2 aromatic carbocycles. The monoisotopic (exact) mass is 332 g/mol. The average Bonchev–Trinajstić information content (AvgIpc) is 2.52. The maximum atomic E-state index is 11.7. The van der Waals surface area contributed by atoms with E-state index in [1.165, 1.54) is 12.3 Å². The number of phenolic OH excluding ortho intramolecular Hbond substituents is 1. The van der Waals surface area contributed by atoms with Crippen molar-refractivity contribution in [3.8, 4) is 11.5 Å². The summed E-state index contributed by atoms with van der Waals surface area (Å²) in [6.45, 7) is 3.76. The summed E-state index contributed by atoms with van der Waals surface area (Å²) in [5, 5.41) is 13.9. The highest BCUT2D eigenvalue weighted by Crippen LogP contribution is 2.20. The van der Waals surface area contributed by atoms with Crippen LogP contribution in [0.2, 0.25) is 5.02 Å². The molecule has 23 heavy (non-hydrogen) atoms. The smallest absolute Gasteiger partial charge is 0.277 e. The van der Waals surface area contributed by atoms with E-state index in [1.54, 1.807) is 12.1 Å². The van der Waals surface area contributed by atoms with E-state index < -0.39 is 5.91 Å². The Morgan fingerprint density at radius 3 is 2.91 bits per heavy atom. The molecule has 0 heterocycles. The highest BCUT2D eigenvalue weighted by atomic mass is 35.5. The predicted octanol–water partition coefficient (Wildman–Crippen LogP) is 3.19. The number of halogens is 1. The second kappa shape index (κ2) is 7.65. The van der Waals surface area contributed by atoms with E-state index in [0.717, 1.165) is 11.1 Å². The number of benzene rings is 2. The van der Waals surface area contributed by atoms with Gasteiger partial charge in [0.1, 0.15) is 11.5 Å². The van der Waals surface area contributed by atoms with E-state index >= 15 is 0 Å². The summed E-state index contributed by atoms with van der Waals surface area (Å²) in [4.78, 5) is 11.7. The molecule has 0 aliphatic rings. The van der Waals surface area contributed by atoms with E-state index in [9.17, 15) is 9.90 Å². The number of ether oxygens (including phenoxy) is 1. The van der Waals surface area contributed by atoms with Crippen LogP contribution < -0.4 is 10.2 Å². The lowest BCUT2D eigenvalue weighted by Gasteiger charge is -2.09. The Labute approximate surface area is 139 Å². The average molecular weight is 333 g/mol. The van der Waals surface area contributed by atoms with Gasteiger partial charge >= 0.3 is 0 Å². The van der Waals surface area contributed by atoms with E-state index in [4.69, 9.17) is 16.3 Å². The van der Waals surface area contributed by atoms with Crippen molar-refractivity contribution in [2.75, 3.05) is 6.61 Å². The number of amides is 1. The summed E-state index contributed by atoms with van der Waals surface area (Å²) in [5.74, 6) is 0.291. The van der Waals surface area contributed by atoms with Crippen LogP contribution in [0.15, 0.2) is 41.5 Å². The minimum absolute atomic E-state index is 0.0269. The van der Waals surface area contributed by atoms with Crippen molar-refractivity contribution < 1.29 is 14.6 Å². The summed E-state index contributed by atoms with van der Waals surface area (Å²) in [6, 6.07) is 10.2. The maximum Gasteiger partial charge on any atom is 0.277 e. The Kier molecular flexibility index (Phi) is 5.60. The van der Waals surface area contributed by atoms with Crippen molar-refractivity contribution in [2.45, 2.75) is 13.8 Å². The van der Waals surface area contributed by atoms with Gasteiger partial charge in [0.15, 0.2) is 6.61 Å². The fourth-order valence-corrected chi connectivity index (χ4v) is 2.04. The quantitative estimate of drug-likeness (QED) is 0.652. The molecule has 2 rings (SSSR count). The Morgan fingerprint density at radius 1 is 1.35 bits per heavy atom. The van der Waals surface area contributed by atoms with Crippen molar-refractivity contribution in [3.05, 3.63) is 58.1 Å². The third kappa shape index (κ3) is 4.72. The minimum Gasteiger partial charge on any atom is -0.507 e. The van der Waals surface area contributed by atoms with Crippen LogP contribution in [0, 0.1) is 13.8 Å². The van der Waals surface area contributed by atoms with Gasteiger partial charge in [-0.1, -0.05) is 23.7 Å². The van der Waals surface area contributed by atoms with Crippen molar-refractivity contribution in [3.63, 3.8) is 0 Å². The Hall–Kier alpha value is -2.53. The lowest BCUT2D eigenvalue weighted by molar-refractivity contribution is -0.123. The first-order valence-electron chi connectivity index (χ1n) is 6.97. The van der Waals surface area contributed by atoms with Crippen molar-refractivity contribution in [2.24, 2.45) is 5.10 Å². The number of hydrazone groups is 1. The number of aryl methyl sites for hydroxylation is 1. The molecule has 5 nitrogen and oxygen atoms in total. The number of carbonyl (C=O) groups excluding carboxylic acids is 1. The molecular formula is C17H17ClN2O3. The molecule has 120 valence electrons. The molecule has 0 radical (unpaired) electrons. The van der Waals surface area contributed by atoms with E-state index in [1.807, 2.05) is 32.0 Å². The number of nitrogens with one attached hydrogen (secondary N) is 1. The third-order valence-electron chi connectivity index (χ3n) is 3.30. The normalized spacial score (nSPS) is 10.7. The zero-order chi connectivity index (χ0) is 16.8. The zero-order valence-electron chi connectivity index (χ0n) is 12.8. The molecule has 0 bridgehead atoms. The first kappa shape index (κ1) is 16.8. The molecular weight excluding hydrogens is 316 g/mol. The fraction of sp³-hybridized carbons (Fsp3) is 0.176. The third-order valence-corrected chi connectivity index (χ3v) is 3.53. The summed E-state index contributed by atoms with van der Waals surface area (Å²) < 4.78 is 5.47. The maximum absolute atomic E-state index is 11.7. The van der Waals surface area contributed by atoms with Crippen LogP contribution >= 0.6 is 11.6 Å². The number of nitrogens with zero attached hydrogens (tertiary/aromatic N) is 1. The predicted molar refractivity (Wildman–Crippen MR) is 90.3 cm³/mol. The van der Waals surface area contributed by atoms with E-state index in [0.29, 0.717) is 16.3 Å². The molecule has 0 aliphatic carbocycles. The SMILES string of the molecule is Cc1cccc(OCC(=O)NN=Cc2cc(Cl)ccc2O)c1C. The van der Waals surface area contributed by atoms with Crippen LogP contribution in [0.25, 0.3) is 0 Å². The molecule has 0 unspecified atom stereocenters. The van der Waals surface area contributed by atoms with Gasteiger partial charge in [-0.3, -0.25) is 4.79 Å². The Bertz CT molecular complexity index is 745. The zero-order valence-corrected chi connectivity index (χ0v) is 13.6. The number of hydrogen-bond acceptors (Lipinski definition) is 4. The molecule has 0 spiro atoms. The molecule has 0 aliphatic heterocycles. The molecule has 6 heteroatoms. The molecule has 2 aromatic rings. The highest BCUT2D eigenvalue weighted by molar-refractivity contribution is 6.30. The van der Waals surface area contributed by atoms with Crippen LogP contribution in [0.4, 0.5) is 0 Å². The molecule has 2 N–H and O–H groups in total. The van der Waals surface area contributed by atoms with Gasteiger partial charge in [0.05, 0.1) is 6.21 Å². The Morgan fingerprint density at radius 2 is 2.13 bits per heavy atom. The van der Waals surface area contributed by atoms with Gasteiger partial charge in [0.25, 0.3) is 5.91 Å². The van der Waals surface area contributed by atoms with Gasteiger partial charge in [-0.05, 0) is 49.2 Å². The second-order valence-corrected chi connectivity index (χ2v) is 5.42. The van der Waals surface area contributed by atoms with Crippen LogP contribution in [0.1, 0.15) is 16.7 Å². The largest absolute Gasteiger partial charge is 0.507 e. The van der Waals surface area contributed by atoms with E-state index in [2.05, 4.69) is 10.5 Å². The second-order valence-electron chi connectivity index (χ2n) is 4.98. The first-order valence-corrected chi connectivity index (χ1v) is 7.34. The van der Waals surface area contributed by atoms with Crippen LogP contribution in [0.3, 0.4) is 0 Å². The lowest BCUT2D eigenvalue weighted by atomic mass is 10.1. The van der Waals surface area contributed by atoms with Gasteiger partial charge in [0.2, 0.25) is 0 Å². The highest BCUT2D eigenvalue weighted by Gasteiger charge is 2.05. The molecule has 0 fully saturated rings. The first-order chi connectivity index (χ1) is 11.0. The molecule has 1 amide bonds. The number of phenols is 1. The molecule has 0 atom stereocenters. The summed E-state index contributed by atoms with van der Waals surface area (Å²) in [5.41, 5.74) is 4.83. The molecule has 0 saturated carbocycles. The summed E-state index contributed by atoms with van der Waals surface area (Å²) in [7, 11) is 0. The molecule has 0 aromatic heterocycles. The van der Waals surface area contributed by atoms with Gasteiger partial charge in [-0.2, -0.15) is 5.10 Å². The van der Waals surface area contributed by atoms with Crippen LogP contribution in [-0.2, 0) is 4.79 Å².